The molecule has 0 radical (unpaired) electrons. The van der Waals surface area contributed by atoms with Crippen molar-refractivity contribution in [3.8, 4) is 11.3 Å². The van der Waals surface area contributed by atoms with Crippen molar-refractivity contribution in [1.29, 1.82) is 0 Å². The van der Waals surface area contributed by atoms with Gasteiger partial charge in [0, 0.05) is 34.0 Å². The van der Waals surface area contributed by atoms with E-state index in [0.717, 1.165) is 33.1 Å². The first-order chi connectivity index (χ1) is 12.8. The van der Waals surface area contributed by atoms with Gasteiger partial charge in [-0.1, -0.05) is 18.2 Å². The Bertz CT molecular complexity index is 1080. The molecule has 4 rings (SSSR count). The minimum Gasteiger partial charge on any atom is -1.00 e. The molecule has 0 saturated carbocycles. The molecule has 0 fully saturated rings. The number of ketones is 1. The van der Waals surface area contributed by atoms with E-state index in [2.05, 4.69) is 31.4 Å². The summed E-state index contributed by atoms with van der Waals surface area (Å²) < 4.78 is 0.725. The lowest BCUT2D eigenvalue weighted by molar-refractivity contribution is -0.869. The molecule has 5 nitrogen and oxygen atoms in total. The van der Waals surface area contributed by atoms with Crippen LogP contribution in [-0.2, 0) is 4.79 Å². The summed E-state index contributed by atoms with van der Waals surface area (Å²) in [4.78, 5) is 29.8. The third-order valence-electron chi connectivity index (χ3n) is 4.85. The Hall–Kier alpha value is -2.32. The van der Waals surface area contributed by atoms with Crippen molar-refractivity contribution in [2.45, 2.75) is 6.42 Å². The van der Waals surface area contributed by atoms with Crippen molar-refractivity contribution >= 4 is 28.2 Å². The van der Waals surface area contributed by atoms with E-state index in [1.54, 1.807) is 12.3 Å². The number of fused-ring (bicyclic) bond motifs is 2. The fourth-order valence-corrected chi connectivity index (χ4v) is 3.45. The minimum absolute atomic E-state index is 0. The van der Waals surface area contributed by atoms with Gasteiger partial charge < -0.3 is 33.8 Å². The van der Waals surface area contributed by atoms with Crippen LogP contribution in [0.4, 0.5) is 5.69 Å². The summed E-state index contributed by atoms with van der Waals surface area (Å²) in [5, 5.41) is 4.82. The molecule has 1 amide bonds. The van der Waals surface area contributed by atoms with Crippen molar-refractivity contribution in [2.75, 3.05) is 33.0 Å². The highest BCUT2D eigenvalue weighted by Gasteiger charge is 2.26. The number of carbonyl (C=O) groups excluding carboxylic acids is 2. The fraction of sp³-hybridized carbons (Fsp3) is 0.227. The Balaban J connectivity index is 0.00000225. The Morgan fingerprint density at radius 1 is 1.04 bits per heavy atom. The Morgan fingerprint density at radius 3 is 2.57 bits per heavy atom. The molecule has 1 heterocycles. The predicted molar refractivity (Wildman–Crippen MR) is 107 cm³/mol. The second-order valence-corrected chi connectivity index (χ2v) is 7.96. The molecule has 0 aliphatic heterocycles. The number of anilines is 1. The fourth-order valence-electron chi connectivity index (χ4n) is 3.45. The van der Waals surface area contributed by atoms with Crippen molar-refractivity contribution in [3.05, 3.63) is 59.8 Å². The van der Waals surface area contributed by atoms with Crippen LogP contribution in [0.5, 0.6) is 0 Å². The Morgan fingerprint density at radius 2 is 1.82 bits per heavy atom. The lowest BCUT2D eigenvalue weighted by atomic mass is 9.85. The van der Waals surface area contributed by atoms with Crippen LogP contribution in [0.25, 0.3) is 22.0 Å². The van der Waals surface area contributed by atoms with Crippen LogP contribution in [0, 0.1) is 0 Å². The molecule has 0 atom stereocenters. The molecule has 0 spiro atoms. The lowest BCUT2D eigenvalue weighted by Gasteiger charge is -2.23. The molecular formula is C22H22IN3O2. The van der Waals surface area contributed by atoms with Gasteiger partial charge in [-0.2, -0.15) is 0 Å². The number of carbonyl (C=O) groups is 2. The number of pyridine rings is 1. The molecule has 1 aromatic heterocycles. The Kier molecular flexibility index (Phi) is 5.54. The molecule has 3 aromatic rings. The average Bonchev–Trinajstić information content (AvgIpc) is 2.64. The second kappa shape index (κ2) is 7.60. The van der Waals surface area contributed by atoms with Gasteiger partial charge in [0.15, 0.2) is 5.78 Å². The zero-order chi connectivity index (χ0) is 19.2. The molecule has 0 saturated heterocycles. The van der Waals surface area contributed by atoms with E-state index in [4.69, 9.17) is 0 Å². The highest BCUT2D eigenvalue weighted by Crippen LogP contribution is 2.38. The number of amides is 1. The SMILES string of the molecule is C[N+](C)(C)CCC(=O)Nc1ccc2c(c1)C(=O)c1cccc3ccnc-2c13.[I-]. The van der Waals surface area contributed by atoms with Gasteiger partial charge in [-0.3, -0.25) is 14.6 Å². The summed E-state index contributed by atoms with van der Waals surface area (Å²) >= 11 is 0. The van der Waals surface area contributed by atoms with Crippen LogP contribution >= 0.6 is 0 Å². The van der Waals surface area contributed by atoms with Crippen LogP contribution in [0.1, 0.15) is 22.3 Å². The maximum absolute atomic E-state index is 13.0. The van der Waals surface area contributed by atoms with E-state index in [1.165, 1.54) is 0 Å². The topological polar surface area (TPSA) is 59.1 Å². The molecule has 28 heavy (non-hydrogen) atoms. The van der Waals surface area contributed by atoms with Crippen molar-refractivity contribution < 1.29 is 38.0 Å². The summed E-state index contributed by atoms with van der Waals surface area (Å²) in [5.41, 5.74) is 3.52. The first kappa shape index (κ1) is 20.4. The van der Waals surface area contributed by atoms with Gasteiger partial charge in [0.2, 0.25) is 5.91 Å². The van der Waals surface area contributed by atoms with Crippen LogP contribution in [0.2, 0.25) is 0 Å². The molecule has 144 valence electrons. The van der Waals surface area contributed by atoms with Gasteiger partial charge in [0.25, 0.3) is 0 Å². The molecule has 1 aliphatic rings. The standard InChI is InChI=1S/C22H21N3O2.HI/c1-25(2,3)12-10-19(26)24-15-7-8-16-18(13-15)22(27)17-6-4-5-14-9-11-23-21(16)20(14)17;/h4-9,11,13H,10,12H2,1-3H3;1H. The zero-order valence-corrected chi connectivity index (χ0v) is 18.3. The number of hydrogen-bond acceptors (Lipinski definition) is 3. The summed E-state index contributed by atoms with van der Waals surface area (Å²) in [5.74, 6) is -0.0783. The first-order valence-corrected chi connectivity index (χ1v) is 9.01. The number of halogens is 1. The van der Waals surface area contributed by atoms with Gasteiger partial charge >= 0.3 is 0 Å². The van der Waals surface area contributed by atoms with Gasteiger partial charge in [-0.25, -0.2) is 0 Å². The third kappa shape index (κ3) is 3.79. The summed E-state index contributed by atoms with van der Waals surface area (Å²) in [6, 6.07) is 13.1. The van der Waals surface area contributed by atoms with Crippen LogP contribution in [-0.4, -0.2) is 48.8 Å². The largest absolute Gasteiger partial charge is 1.00 e. The third-order valence-corrected chi connectivity index (χ3v) is 4.85. The first-order valence-electron chi connectivity index (χ1n) is 9.01. The molecule has 1 N–H and O–H groups in total. The van der Waals surface area contributed by atoms with E-state index in [0.29, 0.717) is 23.2 Å². The summed E-state index contributed by atoms with van der Waals surface area (Å²) in [7, 11) is 6.15. The lowest BCUT2D eigenvalue weighted by Crippen LogP contribution is -3.00. The molecule has 6 heteroatoms. The van der Waals surface area contributed by atoms with Gasteiger partial charge in [0.1, 0.15) is 0 Å². The second-order valence-electron chi connectivity index (χ2n) is 7.96. The smallest absolute Gasteiger partial charge is 0.230 e. The maximum atomic E-state index is 13.0. The number of nitrogens with zero attached hydrogens (tertiary/aromatic N) is 2. The molecule has 0 bridgehead atoms. The molecule has 2 aromatic carbocycles. The van der Waals surface area contributed by atoms with Gasteiger partial charge in [-0.15, -0.1) is 0 Å². The van der Waals surface area contributed by atoms with Gasteiger partial charge in [0.05, 0.1) is 39.8 Å². The van der Waals surface area contributed by atoms with Gasteiger partial charge in [-0.05, 0) is 29.7 Å². The normalized spacial score (nSPS) is 12.3. The summed E-state index contributed by atoms with van der Waals surface area (Å²) in [6.07, 6.45) is 2.19. The highest BCUT2D eigenvalue weighted by molar-refractivity contribution is 6.25. The monoisotopic (exact) mass is 487 g/mol. The zero-order valence-electron chi connectivity index (χ0n) is 16.1. The quantitative estimate of drug-likeness (QED) is 0.337. The molecular weight excluding hydrogens is 465 g/mol. The van der Waals surface area contributed by atoms with E-state index in [-0.39, 0.29) is 35.7 Å². The van der Waals surface area contributed by atoms with E-state index >= 15 is 0 Å². The number of quaternary nitrogens is 1. The number of benzene rings is 2. The van der Waals surface area contributed by atoms with Crippen molar-refractivity contribution in [1.82, 2.24) is 4.98 Å². The van der Waals surface area contributed by atoms with E-state index < -0.39 is 0 Å². The summed E-state index contributed by atoms with van der Waals surface area (Å²) in [6.45, 7) is 0.745. The van der Waals surface area contributed by atoms with Crippen molar-refractivity contribution in [3.63, 3.8) is 0 Å². The van der Waals surface area contributed by atoms with Crippen molar-refractivity contribution in [2.24, 2.45) is 0 Å². The van der Waals surface area contributed by atoms with Crippen LogP contribution in [0.3, 0.4) is 0 Å². The number of hydrogen-bond donors (Lipinski definition) is 1. The Labute approximate surface area is 181 Å². The van der Waals surface area contributed by atoms with Crippen LogP contribution < -0.4 is 29.3 Å². The average molecular weight is 487 g/mol. The maximum Gasteiger partial charge on any atom is 0.230 e. The predicted octanol–water partition coefficient (Wildman–Crippen LogP) is 0.485. The molecule has 1 aliphatic carbocycles. The number of nitrogens with one attached hydrogen (secondary N) is 1. The minimum atomic E-state index is -0.0492. The van der Waals surface area contributed by atoms with E-state index in [1.807, 2.05) is 36.4 Å². The highest BCUT2D eigenvalue weighted by atomic mass is 127. The molecule has 0 unspecified atom stereocenters. The van der Waals surface area contributed by atoms with E-state index in [9.17, 15) is 9.59 Å². The number of rotatable bonds is 4. The van der Waals surface area contributed by atoms with Crippen LogP contribution in [0.15, 0.2) is 48.7 Å². The number of aromatic nitrogens is 1.